The predicted molar refractivity (Wildman–Crippen MR) is 83.5 cm³/mol. The fourth-order valence-corrected chi connectivity index (χ4v) is 4.21. The number of thioether (sulfide) groups is 2. The third-order valence-electron chi connectivity index (χ3n) is 3.15. The first kappa shape index (κ1) is 15.4. The molecule has 1 aliphatic heterocycles. The molecule has 2 N–H and O–H groups in total. The Morgan fingerprint density at radius 3 is 2.95 bits per heavy atom. The number of amides is 1. The highest BCUT2D eigenvalue weighted by Gasteiger charge is 2.25. The summed E-state index contributed by atoms with van der Waals surface area (Å²) >= 11 is 3.21. The number of carbonyl (C=O) groups is 1. The van der Waals surface area contributed by atoms with Gasteiger partial charge in [0.15, 0.2) is 5.16 Å². The van der Waals surface area contributed by atoms with Gasteiger partial charge in [-0.1, -0.05) is 31.2 Å². The van der Waals surface area contributed by atoms with Crippen LogP contribution < -0.4 is 5.73 Å². The smallest absolute Gasteiger partial charge is 0.231 e. The molecule has 2 atom stereocenters. The summed E-state index contributed by atoms with van der Waals surface area (Å²) in [7, 11) is 0. The van der Waals surface area contributed by atoms with Crippen molar-refractivity contribution in [2.45, 2.75) is 55.3 Å². The van der Waals surface area contributed by atoms with Crippen LogP contribution in [0.3, 0.4) is 0 Å². The van der Waals surface area contributed by atoms with Crippen molar-refractivity contribution in [3.8, 4) is 0 Å². The molecule has 0 saturated carbocycles. The Hall–Kier alpha value is -0.950. The average molecular weight is 312 g/mol. The van der Waals surface area contributed by atoms with E-state index in [0.717, 1.165) is 36.8 Å². The number of carbonyl (C=O) groups excluding carboxylic acids is 1. The molecule has 0 aliphatic carbocycles. The van der Waals surface area contributed by atoms with E-state index in [1.807, 2.05) is 6.92 Å². The fourth-order valence-electron chi connectivity index (χ4n) is 2.12. The van der Waals surface area contributed by atoms with Gasteiger partial charge in [-0.05, 0) is 25.2 Å². The lowest BCUT2D eigenvalue weighted by molar-refractivity contribution is -0.117. The van der Waals surface area contributed by atoms with E-state index in [-0.39, 0.29) is 11.2 Å². The molecule has 1 aromatic rings. The largest absolute Gasteiger partial charge is 0.369 e. The van der Waals surface area contributed by atoms with Gasteiger partial charge in [-0.2, -0.15) is 0 Å². The van der Waals surface area contributed by atoms with Crippen LogP contribution in [0.5, 0.6) is 0 Å². The molecule has 0 aromatic carbocycles. The molecular formula is C13H20N4OS2. The number of hydrogen-bond donors (Lipinski definition) is 1. The van der Waals surface area contributed by atoms with Crippen LogP contribution in [0.4, 0.5) is 0 Å². The van der Waals surface area contributed by atoms with E-state index in [0.29, 0.717) is 5.25 Å². The molecular weight excluding hydrogens is 292 g/mol. The molecule has 2 unspecified atom stereocenters. The van der Waals surface area contributed by atoms with Crippen LogP contribution in [-0.2, 0) is 11.3 Å². The summed E-state index contributed by atoms with van der Waals surface area (Å²) < 4.78 is 2.10. The predicted octanol–water partition coefficient (Wildman–Crippen LogP) is 2.74. The molecule has 2 heterocycles. The summed E-state index contributed by atoms with van der Waals surface area (Å²) in [4.78, 5) is 11.5. The second kappa shape index (κ2) is 7.17. The first-order valence-corrected chi connectivity index (χ1v) is 8.69. The average Bonchev–Trinajstić information content (AvgIpc) is 3.06. The van der Waals surface area contributed by atoms with Gasteiger partial charge in [-0.25, -0.2) is 0 Å². The molecule has 0 spiro atoms. The standard InChI is InChI=1S/C13H20N4OS2/c1-3-6-9(11(14)18)20-13-16-15-12(17(13)4-2)10-7-5-8-19-10/h5,8-10H,3-4,6-7H2,1-2H3,(H2,14,18). The molecule has 110 valence electrons. The number of primary amides is 1. The molecule has 20 heavy (non-hydrogen) atoms. The SMILES string of the molecule is CCCC(Sc1nnc(C2CC=CS2)n1CC)C(N)=O. The van der Waals surface area contributed by atoms with Crippen molar-refractivity contribution in [1.82, 2.24) is 14.8 Å². The van der Waals surface area contributed by atoms with Crippen LogP contribution in [0.2, 0.25) is 0 Å². The van der Waals surface area contributed by atoms with Gasteiger partial charge >= 0.3 is 0 Å². The molecule has 1 amide bonds. The van der Waals surface area contributed by atoms with Gasteiger partial charge in [-0.3, -0.25) is 4.79 Å². The van der Waals surface area contributed by atoms with E-state index in [1.165, 1.54) is 11.8 Å². The van der Waals surface area contributed by atoms with Crippen LogP contribution >= 0.6 is 23.5 Å². The van der Waals surface area contributed by atoms with E-state index in [1.54, 1.807) is 11.8 Å². The summed E-state index contributed by atoms with van der Waals surface area (Å²) in [5.74, 6) is 0.714. The highest BCUT2D eigenvalue weighted by atomic mass is 32.2. The van der Waals surface area contributed by atoms with Crippen molar-refractivity contribution in [2.75, 3.05) is 0 Å². The van der Waals surface area contributed by atoms with Gasteiger partial charge in [0.25, 0.3) is 0 Å². The van der Waals surface area contributed by atoms with Gasteiger partial charge in [-0.15, -0.1) is 22.0 Å². The van der Waals surface area contributed by atoms with Crippen LogP contribution in [0.25, 0.3) is 0 Å². The maximum absolute atomic E-state index is 11.5. The summed E-state index contributed by atoms with van der Waals surface area (Å²) in [5, 5.41) is 11.6. The lowest BCUT2D eigenvalue weighted by atomic mass is 10.2. The number of nitrogens with zero attached hydrogens (tertiary/aromatic N) is 3. The van der Waals surface area contributed by atoms with Crippen molar-refractivity contribution in [3.05, 3.63) is 17.3 Å². The Kier molecular flexibility index (Phi) is 5.54. The molecule has 7 heteroatoms. The highest BCUT2D eigenvalue weighted by molar-refractivity contribution is 8.02. The van der Waals surface area contributed by atoms with Crippen molar-refractivity contribution in [3.63, 3.8) is 0 Å². The van der Waals surface area contributed by atoms with E-state index in [9.17, 15) is 4.79 Å². The highest BCUT2D eigenvalue weighted by Crippen LogP contribution is 2.38. The molecule has 1 aromatic heterocycles. The minimum absolute atomic E-state index is 0.225. The summed E-state index contributed by atoms with van der Waals surface area (Å²) in [6, 6.07) is 0. The zero-order valence-electron chi connectivity index (χ0n) is 11.8. The van der Waals surface area contributed by atoms with Crippen molar-refractivity contribution >= 4 is 29.4 Å². The molecule has 5 nitrogen and oxygen atoms in total. The zero-order valence-corrected chi connectivity index (χ0v) is 13.4. The Bertz CT molecular complexity index is 493. The van der Waals surface area contributed by atoms with Crippen molar-refractivity contribution in [2.24, 2.45) is 5.73 Å². The monoisotopic (exact) mass is 312 g/mol. The van der Waals surface area contributed by atoms with Crippen molar-refractivity contribution < 1.29 is 4.79 Å². The Morgan fingerprint density at radius 2 is 2.40 bits per heavy atom. The number of allylic oxidation sites excluding steroid dienone is 1. The van der Waals surface area contributed by atoms with E-state index >= 15 is 0 Å². The van der Waals surface area contributed by atoms with Gasteiger partial charge in [0.05, 0.1) is 10.5 Å². The second-order valence-corrected chi connectivity index (χ2v) is 6.90. The minimum Gasteiger partial charge on any atom is -0.369 e. The molecule has 0 saturated heterocycles. The first-order valence-electron chi connectivity index (χ1n) is 6.86. The third kappa shape index (κ3) is 3.38. The maximum Gasteiger partial charge on any atom is 0.231 e. The normalized spacial score (nSPS) is 19.4. The summed E-state index contributed by atoms with van der Waals surface area (Å²) in [6.45, 7) is 4.93. The van der Waals surface area contributed by atoms with Gasteiger partial charge in [0.2, 0.25) is 5.91 Å². The Morgan fingerprint density at radius 1 is 1.60 bits per heavy atom. The van der Waals surface area contributed by atoms with E-state index in [4.69, 9.17) is 5.73 Å². The molecule has 2 rings (SSSR count). The van der Waals surface area contributed by atoms with Gasteiger partial charge < -0.3 is 10.3 Å². The van der Waals surface area contributed by atoms with Crippen molar-refractivity contribution in [1.29, 1.82) is 0 Å². The van der Waals surface area contributed by atoms with Gasteiger partial charge in [0, 0.05) is 6.54 Å². The lowest BCUT2D eigenvalue weighted by Crippen LogP contribution is -2.26. The Balaban J connectivity index is 2.17. The lowest BCUT2D eigenvalue weighted by Gasteiger charge is -2.14. The number of aromatic nitrogens is 3. The summed E-state index contributed by atoms with van der Waals surface area (Å²) in [6.07, 6.45) is 4.84. The quantitative estimate of drug-likeness (QED) is 0.784. The minimum atomic E-state index is -0.277. The fraction of sp³-hybridized carbons (Fsp3) is 0.615. The topological polar surface area (TPSA) is 73.8 Å². The third-order valence-corrected chi connectivity index (χ3v) is 5.50. The Labute approximate surface area is 127 Å². The van der Waals surface area contributed by atoms with Gasteiger partial charge in [0.1, 0.15) is 5.82 Å². The number of rotatable bonds is 7. The molecule has 0 fully saturated rings. The van der Waals surface area contributed by atoms with Crippen LogP contribution in [-0.4, -0.2) is 25.9 Å². The van der Waals surface area contributed by atoms with E-state index in [2.05, 4.69) is 33.2 Å². The van der Waals surface area contributed by atoms with Crippen LogP contribution in [0, 0.1) is 0 Å². The number of hydrogen-bond acceptors (Lipinski definition) is 5. The first-order chi connectivity index (χ1) is 9.67. The van der Waals surface area contributed by atoms with Crippen LogP contribution in [0.15, 0.2) is 16.6 Å². The molecule has 0 bridgehead atoms. The summed E-state index contributed by atoms with van der Waals surface area (Å²) in [5.41, 5.74) is 5.46. The van der Waals surface area contributed by atoms with E-state index < -0.39 is 0 Å². The maximum atomic E-state index is 11.5. The zero-order chi connectivity index (χ0) is 14.5. The molecule has 0 radical (unpaired) electrons. The molecule has 1 aliphatic rings. The second-order valence-electron chi connectivity index (χ2n) is 4.61. The van der Waals surface area contributed by atoms with Crippen LogP contribution in [0.1, 0.15) is 44.2 Å². The number of nitrogens with two attached hydrogens (primary N) is 1.